The van der Waals surface area contributed by atoms with Crippen LogP contribution in [-0.2, 0) is 9.59 Å². The van der Waals surface area contributed by atoms with Crippen molar-refractivity contribution in [1.82, 2.24) is 9.80 Å². The van der Waals surface area contributed by atoms with E-state index in [9.17, 15) is 14.7 Å². The van der Waals surface area contributed by atoms with Gasteiger partial charge in [-0.3, -0.25) is 9.59 Å². The van der Waals surface area contributed by atoms with Crippen molar-refractivity contribution in [2.24, 2.45) is 0 Å². The number of aliphatic hydroxyl groups excluding tert-OH is 1. The number of carbonyl (C=O) groups is 2. The van der Waals surface area contributed by atoms with Gasteiger partial charge in [0.2, 0.25) is 11.8 Å². The van der Waals surface area contributed by atoms with E-state index in [1.807, 2.05) is 0 Å². The molecule has 1 N–H and O–H groups in total. The third-order valence-electron chi connectivity index (χ3n) is 4.91. The van der Waals surface area contributed by atoms with Crippen molar-refractivity contribution in [3.05, 3.63) is 11.6 Å². The van der Waals surface area contributed by atoms with E-state index < -0.39 is 12.1 Å². The van der Waals surface area contributed by atoms with Gasteiger partial charge < -0.3 is 14.9 Å². The molecule has 0 spiro atoms. The van der Waals surface area contributed by atoms with E-state index in [-0.39, 0.29) is 18.4 Å². The van der Waals surface area contributed by atoms with Crippen molar-refractivity contribution in [1.29, 1.82) is 0 Å². The van der Waals surface area contributed by atoms with Gasteiger partial charge in [0.1, 0.15) is 6.04 Å². The second-order valence-corrected chi connectivity index (χ2v) is 6.40. The maximum absolute atomic E-state index is 12.5. The number of carbonyl (C=O) groups excluding carboxylic acids is 2. The highest BCUT2D eigenvalue weighted by Crippen LogP contribution is 2.25. The number of aliphatic hydroxyl groups is 1. The van der Waals surface area contributed by atoms with Crippen LogP contribution in [-0.4, -0.2) is 58.5 Å². The molecule has 2 saturated heterocycles. The van der Waals surface area contributed by atoms with Crippen LogP contribution in [0.25, 0.3) is 0 Å². The van der Waals surface area contributed by atoms with Gasteiger partial charge in [0.15, 0.2) is 0 Å². The molecule has 2 atom stereocenters. The lowest BCUT2D eigenvalue weighted by Gasteiger charge is -2.44. The first kappa shape index (κ1) is 14.6. The number of allylic oxidation sites excluding steroid dienone is 1. The zero-order valence-corrected chi connectivity index (χ0v) is 12.5. The quantitative estimate of drug-likeness (QED) is 0.792. The van der Waals surface area contributed by atoms with E-state index >= 15 is 0 Å². The molecule has 2 amide bonds. The number of piperazine rings is 1. The minimum atomic E-state index is -0.455. The largest absolute Gasteiger partial charge is 0.393 e. The standard InChI is InChI=1S/C16H24N2O3/c19-13-7-9-18-14(10-13)16(21)17(11-15(18)20)8-6-12-4-2-1-3-5-12/h4,13-14,19H,1-3,5-11H2/t13-,14+/m1/s1. The van der Waals surface area contributed by atoms with Crippen LogP contribution in [0.4, 0.5) is 0 Å². The first-order valence-electron chi connectivity index (χ1n) is 8.09. The third kappa shape index (κ3) is 3.12. The summed E-state index contributed by atoms with van der Waals surface area (Å²) in [5.41, 5.74) is 1.42. The van der Waals surface area contributed by atoms with E-state index in [4.69, 9.17) is 0 Å². The molecule has 3 rings (SSSR count). The van der Waals surface area contributed by atoms with Crippen LogP contribution in [0.1, 0.15) is 44.9 Å². The van der Waals surface area contributed by atoms with Crippen LogP contribution in [0.3, 0.4) is 0 Å². The highest BCUT2D eigenvalue weighted by Gasteiger charge is 2.42. The Labute approximate surface area is 125 Å². The van der Waals surface area contributed by atoms with E-state index in [0.717, 1.165) is 19.3 Å². The van der Waals surface area contributed by atoms with Gasteiger partial charge in [-0.15, -0.1) is 0 Å². The van der Waals surface area contributed by atoms with Crippen LogP contribution in [0.15, 0.2) is 11.6 Å². The second kappa shape index (κ2) is 6.18. The number of fused-ring (bicyclic) bond motifs is 1. The van der Waals surface area contributed by atoms with Crippen LogP contribution in [0.5, 0.6) is 0 Å². The molecule has 2 fully saturated rings. The number of hydrogen-bond donors (Lipinski definition) is 1. The number of amides is 2. The lowest BCUT2D eigenvalue weighted by atomic mass is 9.94. The predicted octanol–water partition coefficient (Wildman–Crippen LogP) is 1.07. The molecule has 2 aliphatic heterocycles. The number of nitrogens with zero attached hydrogens (tertiary/aromatic N) is 2. The maximum atomic E-state index is 12.5. The Kier molecular flexibility index (Phi) is 4.29. The highest BCUT2D eigenvalue weighted by atomic mass is 16.3. The Balaban J connectivity index is 1.62. The summed E-state index contributed by atoms with van der Waals surface area (Å²) in [7, 11) is 0. The maximum Gasteiger partial charge on any atom is 0.245 e. The van der Waals surface area contributed by atoms with Crippen LogP contribution in [0, 0.1) is 0 Å². The first-order chi connectivity index (χ1) is 10.1. The topological polar surface area (TPSA) is 60.9 Å². The Morgan fingerprint density at radius 1 is 1.29 bits per heavy atom. The molecule has 0 bridgehead atoms. The molecule has 3 aliphatic rings. The molecule has 0 radical (unpaired) electrons. The predicted molar refractivity (Wildman–Crippen MR) is 78.5 cm³/mol. The summed E-state index contributed by atoms with van der Waals surface area (Å²) in [6, 6.07) is -0.435. The summed E-state index contributed by atoms with van der Waals surface area (Å²) in [6.45, 7) is 1.35. The molecule has 5 heteroatoms. The Morgan fingerprint density at radius 2 is 2.14 bits per heavy atom. The van der Waals surface area contributed by atoms with Crippen molar-refractivity contribution < 1.29 is 14.7 Å². The molecule has 5 nitrogen and oxygen atoms in total. The molecular weight excluding hydrogens is 268 g/mol. The summed E-state index contributed by atoms with van der Waals surface area (Å²) in [4.78, 5) is 28.1. The van der Waals surface area contributed by atoms with Crippen LogP contribution < -0.4 is 0 Å². The van der Waals surface area contributed by atoms with E-state index in [1.165, 1.54) is 18.4 Å². The van der Waals surface area contributed by atoms with Crippen LogP contribution in [0.2, 0.25) is 0 Å². The van der Waals surface area contributed by atoms with Gasteiger partial charge in [-0.1, -0.05) is 11.6 Å². The van der Waals surface area contributed by atoms with Gasteiger partial charge in [0.25, 0.3) is 0 Å². The molecule has 0 aromatic rings. The Bertz CT molecular complexity index is 460. The van der Waals surface area contributed by atoms with Gasteiger partial charge in [-0.05, 0) is 38.5 Å². The number of rotatable bonds is 3. The van der Waals surface area contributed by atoms with Gasteiger partial charge in [0, 0.05) is 19.5 Å². The van der Waals surface area contributed by atoms with Crippen molar-refractivity contribution in [2.45, 2.75) is 57.1 Å². The second-order valence-electron chi connectivity index (χ2n) is 6.40. The first-order valence-corrected chi connectivity index (χ1v) is 8.09. The van der Waals surface area contributed by atoms with E-state index in [1.54, 1.807) is 9.80 Å². The molecule has 0 aromatic heterocycles. The average molecular weight is 292 g/mol. The van der Waals surface area contributed by atoms with Crippen molar-refractivity contribution in [3.63, 3.8) is 0 Å². The summed E-state index contributed by atoms with van der Waals surface area (Å²) in [5, 5.41) is 9.75. The van der Waals surface area contributed by atoms with Crippen molar-refractivity contribution in [3.8, 4) is 0 Å². The molecule has 1 aliphatic carbocycles. The fourth-order valence-corrected chi connectivity index (χ4v) is 3.62. The lowest BCUT2D eigenvalue weighted by Crippen LogP contribution is -2.62. The number of piperidine rings is 1. The minimum absolute atomic E-state index is 0.0183. The SMILES string of the molecule is O=C1[C@@H]2C[C@H](O)CCN2C(=O)CN1CCC1=CCCCC1. The number of hydrogen-bond acceptors (Lipinski definition) is 3. The van der Waals surface area contributed by atoms with Gasteiger partial charge in [-0.2, -0.15) is 0 Å². The zero-order valence-electron chi connectivity index (χ0n) is 12.5. The van der Waals surface area contributed by atoms with Gasteiger partial charge >= 0.3 is 0 Å². The third-order valence-corrected chi connectivity index (χ3v) is 4.91. The van der Waals surface area contributed by atoms with Crippen molar-refractivity contribution >= 4 is 11.8 Å². The minimum Gasteiger partial charge on any atom is -0.393 e. The molecule has 0 saturated carbocycles. The zero-order chi connectivity index (χ0) is 14.8. The normalized spacial score (nSPS) is 30.2. The van der Waals surface area contributed by atoms with E-state index in [0.29, 0.717) is 25.9 Å². The fraction of sp³-hybridized carbons (Fsp3) is 0.750. The molecule has 2 heterocycles. The van der Waals surface area contributed by atoms with Crippen LogP contribution >= 0.6 is 0 Å². The smallest absolute Gasteiger partial charge is 0.245 e. The molecular formula is C16H24N2O3. The molecule has 21 heavy (non-hydrogen) atoms. The molecule has 0 aromatic carbocycles. The molecule has 116 valence electrons. The molecule has 0 unspecified atom stereocenters. The summed E-state index contributed by atoms with van der Waals surface area (Å²) in [5.74, 6) is 0.0499. The fourth-order valence-electron chi connectivity index (χ4n) is 3.62. The van der Waals surface area contributed by atoms with Gasteiger partial charge in [0.05, 0.1) is 12.6 Å². The summed E-state index contributed by atoms with van der Waals surface area (Å²) in [6.07, 6.45) is 8.47. The van der Waals surface area contributed by atoms with Crippen molar-refractivity contribution in [2.75, 3.05) is 19.6 Å². The Morgan fingerprint density at radius 3 is 2.90 bits per heavy atom. The Hall–Kier alpha value is -1.36. The van der Waals surface area contributed by atoms with Gasteiger partial charge in [-0.25, -0.2) is 0 Å². The monoisotopic (exact) mass is 292 g/mol. The summed E-state index contributed by atoms with van der Waals surface area (Å²) >= 11 is 0. The summed E-state index contributed by atoms with van der Waals surface area (Å²) < 4.78 is 0. The highest BCUT2D eigenvalue weighted by molar-refractivity contribution is 5.95. The van der Waals surface area contributed by atoms with E-state index in [2.05, 4.69) is 6.08 Å². The lowest BCUT2D eigenvalue weighted by molar-refractivity contribution is -0.160. The average Bonchev–Trinajstić information content (AvgIpc) is 2.50.